The Balaban J connectivity index is 2.33. The Morgan fingerprint density at radius 2 is 2.19 bits per heavy atom. The molecule has 2 aromatic rings. The minimum Gasteiger partial charge on any atom is -0.398 e. The summed E-state index contributed by atoms with van der Waals surface area (Å²) in [5, 5.41) is 3.53. The van der Waals surface area contributed by atoms with Crippen LogP contribution in [0.5, 0.6) is 0 Å². The third-order valence-corrected chi connectivity index (χ3v) is 3.63. The molecule has 0 saturated carbocycles. The van der Waals surface area contributed by atoms with Gasteiger partial charge in [0, 0.05) is 18.1 Å². The number of hydrogen-bond acceptors (Lipinski definition) is 4. The highest BCUT2D eigenvalue weighted by Crippen LogP contribution is 2.30. The lowest BCUT2D eigenvalue weighted by atomic mass is 10.3. The molecule has 2 rings (SSSR count). The van der Waals surface area contributed by atoms with E-state index in [0.29, 0.717) is 10.7 Å². The molecule has 0 radical (unpaired) electrons. The van der Waals surface area contributed by atoms with Gasteiger partial charge in [0.25, 0.3) is 0 Å². The van der Waals surface area contributed by atoms with E-state index in [-0.39, 0.29) is 0 Å². The lowest BCUT2D eigenvalue weighted by molar-refractivity contribution is 1.14. The summed E-state index contributed by atoms with van der Waals surface area (Å²) in [6.45, 7) is 1.98. The molecule has 0 aliphatic carbocycles. The lowest BCUT2D eigenvalue weighted by Gasteiger charge is -2.16. The van der Waals surface area contributed by atoms with E-state index in [0.717, 1.165) is 16.5 Å². The summed E-state index contributed by atoms with van der Waals surface area (Å²) in [7, 11) is 1.96. The van der Waals surface area contributed by atoms with E-state index < -0.39 is 0 Å². The van der Waals surface area contributed by atoms with Gasteiger partial charge in [-0.2, -0.15) is 0 Å². The highest BCUT2D eigenvalue weighted by atomic mass is 35.5. The van der Waals surface area contributed by atoms with Crippen LogP contribution < -0.4 is 10.6 Å². The SMILES string of the molecule is Cc1csc(N(C)c2ccc(N)c(Cl)c2)n1. The number of anilines is 3. The predicted octanol–water partition coefficient (Wildman–Crippen LogP) is 3.46. The number of aryl methyl sites for hydroxylation is 1. The van der Waals surface area contributed by atoms with Gasteiger partial charge >= 0.3 is 0 Å². The van der Waals surface area contributed by atoms with Gasteiger partial charge in [-0.3, -0.25) is 0 Å². The number of thiazole rings is 1. The zero-order chi connectivity index (χ0) is 11.7. The zero-order valence-corrected chi connectivity index (χ0v) is 10.6. The summed E-state index contributed by atoms with van der Waals surface area (Å²) in [4.78, 5) is 6.40. The Morgan fingerprint density at radius 1 is 1.44 bits per heavy atom. The van der Waals surface area contributed by atoms with Crippen molar-refractivity contribution in [3.63, 3.8) is 0 Å². The van der Waals surface area contributed by atoms with Crippen molar-refractivity contribution < 1.29 is 0 Å². The van der Waals surface area contributed by atoms with Crippen LogP contribution in [0.15, 0.2) is 23.6 Å². The molecule has 16 heavy (non-hydrogen) atoms. The van der Waals surface area contributed by atoms with Crippen LogP contribution in [0, 0.1) is 6.92 Å². The number of rotatable bonds is 2. The number of nitrogen functional groups attached to an aromatic ring is 1. The fourth-order valence-corrected chi connectivity index (χ4v) is 2.29. The van der Waals surface area contributed by atoms with Gasteiger partial charge in [0.2, 0.25) is 0 Å². The molecule has 1 aromatic carbocycles. The smallest absolute Gasteiger partial charge is 0.189 e. The average Bonchev–Trinajstić information content (AvgIpc) is 2.68. The second-order valence-electron chi connectivity index (χ2n) is 3.54. The van der Waals surface area contributed by atoms with Crippen LogP contribution in [0.25, 0.3) is 0 Å². The summed E-state index contributed by atoms with van der Waals surface area (Å²) in [5.74, 6) is 0. The van der Waals surface area contributed by atoms with Gasteiger partial charge in [-0.05, 0) is 25.1 Å². The van der Waals surface area contributed by atoms with Crippen LogP contribution in [-0.4, -0.2) is 12.0 Å². The second-order valence-corrected chi connectivity index (χ2v) is 4.78. The fourth-order valence-electron chi connectivity index (χ4n) is 1.33. The minimum absolute atomic E-state index is 0.567. The first-order chi connectivity index (χ1) is 7.58. The standard InChI is InChI=1S/C11H12ClN3S/c1-7-6-16-11(14-7)15(2)8-3-4-10(13)9(12)5-8/h3-6H,13H2,1-2H3. The Hall–Kier alpha value is -1.26. The van der Waals surface area contributed by atoms with Gasteiger partial charge in [-0.25, -0.2) is 4.98 Å². The quantitative estimate of drug-likeness (QED) is 0.834. The van der Waals surface area contributed by atoms with Crippen molar-refractivity contribution in [1.29, 1.82) is 0 Å². The molecule has 0 aliphatic heterocycles. The Morgan fingerprint density at radius 3 is 2.75 bits per heavy atom. The molecule has 5 heteroatoms. The topological polar surface area (TPSA) is 42.1 Å². The lowest BCUT2D eigenvalue weighted by Crippen LogP contribution is -2.09. The van der Waals surface area contributed by atoms with Gasteiger partial charge in [-0.1, -0.05) is 11.6 Å². The maximum Gasteiger partial charge on any atom is 0.189 e. The third kappa shape index (κ3) is 2.13. The maximum atomic E-state index is 5.98. The van der Waals surface area contributed by atoms with E-state index in [4.69, 9.17) is 17.3 Å². The van der Waals surface area contributed by atoms with E-state index in [1.54, 1.807) is 17.4 Å². The van der Waals surface area contributed by atoms with E-state index in [2.05, 4.69) is 4.98 Å². The van der Waals surface area contributed by atoms with E-state index in [1.807, 2.05) is 36.4 Å². The molecular formula is C11H12ClN3S. The van der Waals surface area contributed by atoms with Crippen molar-refractivity contribution in [3.8, 4) is 0 Å². The van der Waals surface area contributed by atoms with Crippen LogP contribution >= 0.6 is 22.9 Å². The molecule has 0 fully saturated rings. The van der Waals surface area contributed by atoms with E-state index >= 15 is 0 Å². The Bertz CT molecular complexity index is 510. The molecule has 0 saturated heterocycles. The molecule has 0 amide bonds. The summed E-state index contributed by atoms with van der Waals surface area (Å²) in [5.41, 5.74) is 8.26. The molecule has 0 unspecified atom stereocenters. The van der Waals surface area contributed by atoms with Crippen molar-refractivity contribution in [2.75, 3.05) is 17.7 Å². The van der Waals surface area contributed by atoms with Crippen LogP contribution in [0.4, 0.5) is 16.5 Å². The molecule has 0 atom stereocenters. The summed E-state index contributed by atoms with van der Waals surface area (Å²) >= 11 is 7.58. The van der Waals surface area contributed by atoms with Crippen molar-refractivity contribution in [1.82, 2.24) is 4.98 Å². The summed E-state index contributed by atoms with van der Waals surface area (Å²) < 4.78 is 0. The molecular weight excluding hydrogens is 242 g/mol. The van der Waals surface area contributed by atoms with Crippen LogP contribution in [0.1, 0.15) is 5.69 Å². The van der Waals surface area contributed by atoms with Gasteiger partial charge in [0.15, 0.2) is 5.13 Å². The first-order valence-electron chi connectivity index (χ1n) is 4.79. The first kappa shape index (κ1) is 11.2. The zero-order valence-electron chi connectivity index (χ0n) is 9.07. The maximum absolute atomic E-state index is 5.98. The molecule has 0 spiro atoms. The fraction of sp³-hybridized carbons (Fsp3) is 0.182. The van der Waals surface area contributed by atoms with E-state index in [9.17, 15) is 0 Å². The molecule has 0 aliphatic rings. The van der Waals surface area contributed by atoms with Crippen molar-refractivity contribution >= 4 is 39.4 Å². The second kappa shape index (κ2) is 4.31. The monoisotopic (exact) mass is 253 g/mol. The number of aromatic nitrogens is 1. The number of benzene rings is 1. The number of nitrogens with two attached hydrogens (primary N) is 1. The predicted molar refractivity (Wildman–Crippen MR) is 70.8 cm³/mol. The molecule has 3 nitrogen and oxygen atoms in total. The average molecular weight is 254 g/mol. The van der Waals surface area contributed by atoms with Crippen LogP contribution in [0.2, 0.25) is 5.02 Å². The van der Waals surface area contributed by atoms with E-state index in [1.165, 1.54) is 0 Å². The van der Waals surface area contributed by atoms with Gasteiger partial charge < -0.3 is 10.6 Å². The minimum atomic E-state index is 0.567. The van der Waals surface area contributed by atoms with Gasteiger partial charge in [0.05, 0.1) is 16.4 Å². The number of halogens is 1. The Labute approximate surface area is 103 Å². The normalized spacial score (nSPS) is 10.4. The van der Waals surface area contributed by atoms with Crippen molar-refractivity contribution in [2.24, 2.45) is 0 Å². The van der Waals surface area contributed by atoms with Crippen molar-refractivity contribution in [3.05, 3.63) is 34.3 Å². The highest BCUT2D eigenvalue weighted by Gasteiger charge is 2.08. The van der Waals surface area contributed by atoms with Crippen molar-refractivity contribution in [2.45, 2.75) is 6.92 Å². The Kier molecular flexibility index (Phi) is 3.03. The number of hydrogen-bond donors (Lipinski definition) is 1. The first-order valence-corrected chi connectivity index (χ1v) is 6.04. The molecule has 2 N–H and O–H groups in total. The highest BCUT2D eigenvalue weighted by molar-refractivity contribution is 7.13. The molecule has 0 bridgehead atoms. The molecule has 1 heterocycles. The summed E-state index contributed by atoms with van der Waals surface area (Å²) in [6.07, 6.45) is 0. The van der Waals surface area contributed by atoms with Crippen LogP contribution in [-0.2, 0) is 0 Å². The number of nitrogens with zero attached hydrogens (tertiary/aromatic N) is 2. The third-order valence-electron chi connectivity index (χ3n) is 2.27. The van der Waals surface area contributed by atoms with Gasteiger partial charge in [-0.15, -0.1) is 11.3 Å². The van der Waals surface area contributed by atoms with Crippen LogP contribution in [0.3, 0.4) is 0 Å². The summed E-state index contributed by atoms with van der Waals surface area (Å²) in [6, 6.07) is 5.57. The largest absolute Gasteiger partial charge is 0.398 e. The van der Waals surface area contributed by atoms with Gasteiger partial charge in [0.1, 0.15) is 0 Å². The molecule has 1 aromatic heterocycles. The molecule has 84 valence electrons.